The molecule has 2 nitrogen and oxygen atoms in total. The number of rotatable bonds is 4. The summed E-state index contributed by atoms with van der Waals surface area (Å²) in [7, 11) is 0.951. The summed E-state index contributed by atoms with van der Waals surface area (Å²) in [5, 5.41) is 0. The summed E-state index contributed by atoms with van der Waals surface area (Å²) in [6.07, 6.45) is -1.34. The summed E-state index contributed by atoms with van der Waals surface area (Å²) >= 11 is 0. The zero-order valence-electron chi connectivity index (χ0n) is 11.5. The fraction of sp³-hybridized carbons (Fsp3) is 0.125. The standard InChI is InChI=1S/C16H11F4O2/c1-22-16(21)11-8-10(13(18)15(20)14(11)19)12(17)7-9-5-3-2-4-6-9/h2-6,8H,7H2,1H3. The number of ether oxygens (including phenoxy) is 1. The van der Waals surface area contributed by atoms with Crippen LogP contribution in [-0.4, -0.2) is 13.1 Å². The van der Waals surface area contributed by atoms with E-state index in [-0.39, 0.29) is 6.42 Å². The molecule has 0 atom stereocenters. The third-order valence-electron chi connectivity index (χ3n) is 3.05. The van der Waals surface area contributed by atoms with Gasteiger partial charge in [0, 0.05) is 12.0 Å². The van der Waals surface area contributed by atoms with Crippen LogP contribution in [0, 0.1) is 23.6 Å². The van der Waals surface area contributed by atoms with Gasteiger partial charge in [-0.1, -0.05) is 30.3 Å². The minimum Gasteiger partial charge on any atom is -0.465 e. The molecule has 6 heteroatoms. The molecule has 0 unspecified atom stereocenters. The van der Waals surface area contributed by atoms with E-state index in [0.717, 1.165) is 7.11 Å². The van der Waals surface area contributed by atoms with E-state index in [1.807, 2.05) is 0 Å². The number of benzene rings is 2. The highest BCUT2D eigenvalue weighted by Gasteiger charge is 2.27. The van der Waals surface area contributed by atoms with Gasteiger partial charge in [-0.25, -0.2) is 22.4 Å². The van der Waals surface area contributed by atoms with Crippen LogP contribution in [0.5, 0.6) is 0 Å². The molecule has 22 heavy (non-hydrogen) atoms. The molecule has 0 aliphatic heterocycles. The van der Waals surface area contributed by atoms with Gasteiger partial charge in [-0.3, -0.25) is 0 Å². The second kappa shape index (κ2) is 6.60. The molecule has 2 aromatic carbocycles. The fourth-order valence-electron chi connectivity index (χ4n) is 1.93. The number of esters is 1. The normalized spacial score (nSPS) is 10.8. The molecule has 0 amide bonds. The van der Waals surface area contributed by atoms with Crippen molar-refractivity contribution >= 4 is 5.97 Å². The van der Waals surface area contributed by atoms with Crippen molar-refractivity contribution in [2.24, 2.45) is 0 Å². The summed E-state index contributed by atoms with van der Waals surface area (Å²) in [5.41, 5.74) is -1.15. The van der Waals surface area contributed by atoms with Crippen molar-refractivity contribution in [1.29, 1.82) is 0 Å². The lowest BCUT2D eigenvalue weighted by atomic mass is 9.99. The van der Waals surface area contributed by atoms with Crippen LogP contribution < -0.4 is 0 Å². The minimum atomic E-state index is -1.92. The molecular weight excluding hydrogens is 300 g/mol. The maximum atomic E-state index is 14.2. The van der Waals surface area contributed by atoms with Crippen LogP contribution in [0.2, 0.25) is 0 Å². The van der Waals surface area contributed by atoms with E-state index in [1.54, 1.807) is 30.3 Å². The molecule has 0 aliphatic rings. The van der Waals surface area contributed by atoms with Gasteiger partial charge in [0.05, 0.1) is 12.7 Å². The number of carbonyl (C=O) groups is 1. The van der Waals surface area contributed by atoms with Gasteiger partial charge < -0.3 is 4.74 Å². The summed E-state index contributed by atoms with van der Waals surface area (Å²) in [6.45, 7) is 0. The predicted octanol–water partition coefficient (Wildman–Crippen LogP) is 3.98. The van der Waals surface area contributed by atoms with E-state index in [4.69, 9.17) is 0 Å². The van der Waals surface area contributed by atoms with E-state index >= 15 is 0 Å². The first-order chi connectivity index (χ1) is 10.5. The lowest BCUT2D eigenvalue weighted by Gasteiger charge is -2.12. The molecule has 0 fully saturated rings. The smallest absolute Gasteiger partial charge is 0.340 e. The van der Waals surface area contributed by atoms with Gasteiger partial charge in [-0.05, 0) is 11.6 Å². The number of methoxy groups -OCH3 is 1. The maximum Gasteiger partial charge on any atom is 0.340 e. The van der Waals surface area contributed by atoms with Gasteiger partial charge in [0.2, 0.25) is 0 Å². The SMILES string of the molecule is COC(=O)c1cc([C](F)Cc2ccccc2)c(F)c(F)c1F. The van der Waals surface area contributed by atoms with Crippen molar-refractivity contribution in [3.8, 4) is 0 Å². The molecule has 0 saturated carbocycles. The average Bonchev–Trinajstić information content (AvgIpc) is 2.53. The van der Waals surface area contributed by atoms with Gasteiger partial charge >= 0.3 is 5.97 Å². The predicted molar refractivity (Wildman–Crippen MR) is 71.3 cm³/mol. The molecule has 0 spiro atoms. The Hall–Kier alpha value is -2.37. The van der Waals surface area contributed by atoms with Crippen LogP contribution in [0.4, 0.5) is 17.6 Å². The van der Waals surface area contributed by atoms with Gasteiger partial charge in [0.1, 0.15) is 0 Å². The summed E-state index contributed by atoms with van der Waals surface area (Å²) in [6, 6.07) is 8.83. The Bertz CT molecular complexity index is 686. The van der Waals surface area contributed by atoms with Crippen LogP contribution in [0.15, 0.2) is 36.4 Å². The monoisotopic (exact) mass is 311 g/mol. The number of hydrogen-bond acceptors (Lipinski definition) is 2. The van der Waals surface area contributed by atoms with Crippen molar-refractivity contribution in [3.63, 3.8) is 0 Å². The van der Waals surface area contributed by atoms with Crippen molar-refractivity contribution < 1.29 is 27.1 Å². The summed E-state index contributed by atoms with van der Waals surface area (Å²) in [5.74, 6) is -6.52. The van der Waals surface area contributed by atoms with Crippen LogP contribution in [0.25, 0.3) is 0 Å². The zero-order chi connectivity index (χ0) is 16.3. The first-order valence-electron chi connectivity index (χ1n) is 6.27. The molecule has 2 rings (SSSR count). The molecule has 0 heterocycles. The quantitative estimate of drug-likeness (QED) is 0.485. The molecule has 0 aliphatic carbocycles. The highest BCUT2D eigenvalue weighted by molar-refractivity contribution is 5.90. The summed E-state index contributed by atoms with van der Waals surface area (Å²) in [4.78, 5) is 11.3. The minimum absolute atomic E-state index is 0.316. The Labute approximate surface area is 124 Å². The van der Waals surface area contributed by atoms with Crippen LogP contribution in [0.3, 0.4) is 0 Å². The van der Waals surface area contributed by atoms with Gasteiger partial charge in [-0.2, -0.15) is 0 Å². The molecule has 2 aromatic rings. The highest BCUT2D eigenvalue weighted by atomic mass is 19.2. The zero-order valence-corrected chi connectivity index (χ0v) is 11.5. The van der Waals surface area contributed by atoms with Gasteiger partial charge in [-0.15, -0.1) is 0 Å². The molecule has 0 bridgehead atoms. The molecule has 0 N–H and O–H groups in total. The third kappa shape index (κ3) is 3.10. The molecule has 1 radical (unpaired) electrons. The molecule has 0 aromatic heterocycles. The second-order valence-corrected chi connectivity index (χ2v) is 4.47. The van der Waals surface area contributed by atoms with Crippen molar-refractivity contribution in [3.05, 3.63) is 76.7 Å². The topological polar surface area (TPSA) is 26.3 Å². The lowest BCUT2D eigenvalue weighted by Crippen LogP contribution is -2.12. The molecule has 0 saturated heterocycles. The Balaban J connectivity index is 2.41. The Morgan fingerprint density at radius 1 is 1.00 bits per heavy atom. The van der Waals surface area contributed by atoms with Crippen LogP contribution in [-0.2, 0) is 11.2 Å². The third-order valence-corrected chi connectivity index (χ3v) is 3.05. The Kier molecular flexibility index (Phi) is 4.80. The largest absolute Gasteiger partial charge is 0.465 e. The van der Waals surface area contributed by atoms with E-state index in [1.165, 1.54) is 0 Å². The highest BCUT2D eigenvalue weighted by Crippen LogP contribution is 2.29. The van der Waals surface area contributed by atoms with E-state index < -0.39 is 40.7 Å². The van der Waals surface area contributed by atoms with Gasteiger partial charge in [0.25, 0.3) is 0 Å². The molecular formula is C16H11F4O2. The van der Waals surface area contributed by atoms with Crippen LogP contribution >= 0.6 is 0 Å². The fourth-order valence-corrected chi connectivity index (χ4v) is 1.93. The Morgan fingerprint density at radius 3 is 2.18 bits per heavy atom. The first-order valence-corrected chi connectivity index (χ1v) is 6.27. The molecule has 115 valence electrons. The first kappa shape index (κ1) is 16.0. The van der Waals surface area contributed by atoms with Crippen molar-refractivity contribution in [2.75, 3.05) is 7.11 Å². The average molecular weight is 311 g/mol. The lowest BCUT2D eigenvalue weighted by molar-refractivity contribution is 0.0594. The number of carbonyl (C=O) groups excluding carboxylic acids is 1. The maximum absolute atomic E-state index is 14.2. The number of hydrogen-bond donors (Lipinski definition) is 0. The van der Waals surface area contributed by atoms with E-state index in [2.05, 4.69) is 4.74 Å². The second-order valence-electron chi connectivity index (χ2n) is 4.47. The van der Waals surface area contributed by atoms with Crippen molar-refractivity contribution in [2.45, 2.75) is 6.42 Å². The van der Waals surface area contributed by atoms with E-state index in [0.29, 0.717) is 11.6 Å². The van der Waals surface area contributed by atoms with E-state index in [9.17, 15) is 22.4 Å². The van der Waals surface area contributed by atoms with Crippen LogP contribution in [0.1, 0.15) is 21.5 Å². The Morgan fingerprint density at radius 2 is 1.59 bits per heavy atom. The number of halogens is 4. The van der Waals surface area contributed by atoms with Crippen molar-refractivity contribution in [1.82, 2.24) is 0 Å². The summed E-state index contributed by atoms with van der Waals surface area (Å²) < 4.78 is 59.2. The van der Waals surface area contributed by atoms with Gasteiger partial charge in [0.15, 0.2) is 23.6 Å².